The lowest BCUT2D eigenvalue weighted by molar-refractivity contribution is -0.142. The van der Waals surface area contributed by atoms with Gasteiger partial charge in [0.1, 0.15) is 0 Å². The van der Waals surface area contributed by atoms with Crippen LogP contribution in [0.2, 0.25) is 0 Å². The Labute approximate surface area is 173 Å². The van der Waals surface area contributed by atoms with E-state index >= 15 is 0 Å². The summed E-state index contributed by atoms with van der Waals surface area (Å²) in [6, 6.07) is 16.3. The van der Waals surface area contributed by atoms with Crippen LogP contribution in [0.4, 0.5) is 5.69 Å². The van der Waals surface area contributed by atoms with Crippen molar-refractivity contribution >= 4 is 17.5 Å². The molecule has 0 spiro atoms. The Hall–Kier alpha value is -2.62. The van der Waals surface area contributed by atoms with E-state index < -0.39 is 0 Å². The number of fused-ring (bicyclic) bond motifs is 1. The number of anilines is 1. The predicted molar refractivity (Wildman–Crippen MR) is 116 cm³/mol. The molecule has 2 amide bonds. The van der Waals surface area contributed by atoms with E-state index in [0.29, 0.717) is 6.54 Å². The van der Waals surface area contributed by atoms with Crippen LogP contribution in [0.3, 0.4) is 0 Å². The number of hydrogen-bond acceptors (Lipinski definition) is 2. The second kappa shape index (κ2) is 8.40. The third kappa shape index (κ3) is 3.93. The molecule has 152 valence electrons. The molecule has 2 atom stereocenters. The maximum Gasteiger partial charge on any atom is 0.230 e. The molecule has 4 nitrogen and oxygen atoms in total. The SMILES string of the molecule is Cc1ccccc1CN(C)C(=O)C1CCCCC1C(=O)N1CCc2ccccc21. The first-order valence-corrected chi connectivity index (χ1v) is 10.7. The lowest BCUT2D eigenvalue weighted by Gasteiger charge is -2.35. The molecule has 2 aromatic carbocycles. The van der Waals surface area contributed by atoms with Crippen LogP contribution in [0, 0.1) is 18.8 Å². The minimum Gasteiger partial charge on any atom is -0.341 e. The zero-order valence-corrected chi connectivity index (χ0v) is 17.4. The maximum absolute atomic E-state index is 13.5. The van der Waals surface area contributed by atoms with Gasteiger partial charge in [-0.2, -0.15) is 0 Å². The van der Waals surface area contributed by atoms with Crippen molar-refractivity contribution in [2.45, 2.75) is 45.6 Å². The van der Waals surface area contributed by atoms with Crippen LogP contribution in [0.1, 0.15) is 42.4 Å². The van der Waals surface area contributed by atoms with E-state index in [0.717, 1.165) is 49.9 Å². The zero-order chi connectivity index (χ0) is 20.4. The molecule has 1 fully saturated rings. The molecule has 1 aliphatic heterocycles. The maximum atomic E-state index is 13.5. The van der Waals surface area contributed by atoms with Crippen LogP contribution in [-0.2, 0) is 22.6 Å². The lowest BCUT2D eigenvalue weighted by Crippen LogP contribution is -2.45. The summed E-state index contributed by atoms with van der Waals surface area (Å²) in [6.45, 7) is 3.40. The van der Waals surface area contributed by atoms with E-state index in [4.69, 9.17) is 0 Å². The molecule has 0 saturated heterocycles. The minimum absolute atomic E-state index is 0.110. The normalized spacial score (nSPS) is 21.0. The van der Waals surface area contributed by atoms with Gasteiger partial charge in [-0.3, -0.25) is 9.59 Å². The van der Waals surface area contributed by atoms with E-state index in [2.05, 4.69) is 25.1 Å². The molecule has 0 radical (unpaired) electrons. The van der Waals surface area contributed by atoms with Crippen molar-refractivity contribution in [3.8, 4) is 0 Å². The number of carbonyl (C=O) groups excluding carboxylic acids is 2. The summed E-state index contributed by atoms with van der Waals surface area (Å²) in [5.74, 6) is -0.171. The fraction of sp³-hybridized carbons (Fsp3) is 0.440. The highest BCUT2D eigenvalue weighted by atomic mass is 16.2. The standard InChI is InChI=1S/C25H30N2O2/c1-18-9-3-4-11-20(18)17-26(2)24(28)21-12-6-7-13-22(21)25(29)27-16-15-19-10-5-8-14-23(19)27/h3-5,8-11,14,21-22H,6-7,12-13,15-17H2,1-2H3. The molecular formula is C25H30N2O2. The minimum atomic E-state index is -0.210. The quantitative estimate of drug-likeness (QED) is 0.779. The third-order valence-corrected chi connectivity index (χ3v) is 6.60. The van der Waals surface area contributed by atoms with Gasteiger partial charge in [-0.1, -0.05) is 55.3 Å². The van der Waals surface area contributed by atoms with Crippen molar-refractivity contribution in [3.05, 3.63) is 65.2 Å². The molecule has 1 aliphatic carbocycles. The van der Waals surface area contributed by atoms with Crippen LogP contribution in [0.15, 0.2) is 48.5 Å². The first-order chi connectivity index (χ1) is 14.1. The average Bonchev–Trinajstić information content (AvgIpc) is 3.18. The van der Waals surface area contributed by atoms with Crippen LogP contribution in [0.5, 0.6) is 0 Å². The number of nitrogens with zero attached hydrogens (tertiary/aromatic N) is 2. The van der Waals surface area contributed by atoms with Crippen molar-refractivity contribution in [2.75, 3.05) is 18.5 Å². The van der Waals surface area contributed by atoms with Gasteiger partial charge in [0.05, 0.1) is 5.92 Å². The van der Waals surface area contributed by atoms with Crippen molar-refractivity contribution < 1.29 is 9.59 Å². The monoisotopic (exact) mass is 390 g/mol. The van der Waals surface area contributed by atoms with Gasteiger partial charge >= 0.3 is 0 Å². The molecule has 29 heavy (non-hydrogen) atoms. The number of carbonyl (C=O) groups is 2. The summed E-state index contributed by atoms with van der Waals surface area (Å²) in [7, 11) is 1.87. The van der Waals surface area contributed by atoms with Gasteiger partial charge in [-0.15, -0.1) is 0 Å². The van der Waals surface area contributed by atoms with E-state index in [9.17, 15) is 9.59 Å². The Kier molecular flexibility index (Phi) is 5.70. The second-order valence-electron chi connectivity index (χ2n) is 8.49. The van der Waals surface area contributed by atoms with Crippen molar-refractivity contribution in [3.63, 3.8) is 0 Å². The molecule has 1 saturated carbocycles. The highest BCUT2D eigenvalue weighted by Crippen LogP contribution is 2.36. The molecule has 0 bridgehead atoms. The summed E-state index contributed by atoms with van der Waals surface area (Å²) in [6.07, 6.45) is 4.57. The van der Waals surface area contributed by atoms with Gasteiger partial charge in [0.15, 0.2) is 0 Å². The first-order valence-electron chi connectivity index (χ1n) is 10.7. The molecular weight excluding hydrogens is 360 g/mol. The fourth-order valence-electron chi connectivity index (χ4n) is 4.89. The molecule has 2 unspecified atom stereocenters. The first kappa shape index (κ1) is 19.7. The summed E-state index contributed by atoms with van der Waals surface area (Å²) < 4.78 is 0. The molecule has 1 heterocycles. The highest BCUT2D eigenvalue weighted by molar-refractivity contribution is 5.99. The Bertz CT molecular complexity index is 907. The van der Waals surface area contributed by atoms with E-state index in [-0.39, 0.29) is 23.7 Å². The Morgan fingerprint density at radius 3 is 2.48 bits per heavy atom. The van der Waals surface area contributed by atoms with Gasteiger partial charge in [0.2, 0.25) is 11.8 Å². The summed E-state index contributed by atoms with van der Waals surface area (Å²) in [5.41, 5.74) is 4.62. The van der Waals surface area contributed by atoms with Gasteiger partial charge in [0, 0.05) is 31.7 Å². The van der Waals surface area contributed by atoms with Gasteiger partial charge < -0.3 is 9.80 Å². The van der Waals surface area contributed by atoms with E-state index in [1.165, 1.54) is 11.1 Å². The molecule has 4 heteroatoms. The second-order valence-corrected chi connectivity index (χ2v) is 8.49. The Morgan fingerprint density at radius 2 is 1.69 bits per heavy atom. The van der Waals surface area contributed by atoms with Crippen LogP contribution >= 0.6 is 0 Å². The topological polar surface area (TPSA) is 40.6 Å². The van der Waals surface area contributed by atoms with E-state index in [1.54, 1.807) is 0 Å². The number of hydrogen-bond donors (Lipinski definition) is 0. The number of aryl methyl sites for hydroxylation is 1. The molecule has 4 rings (SSSR count). The summed E-state index contributed by atoms with van der Waals surface area (Å²) in [4.78, 5) is 30.6. The smallest absolute Gasteiger partial charge is 0.230 e. The predicted octanol–water partition coefficient (Wildman–Crippen LogP) is 4.35. The molecule has 0 N–H and O–H groups in total. The van der Waals surface area contributed by atoms with Gasteiger partial charge in [0.25, 0.3) is 0 Å². The number of rotatable bonds is 4. The Morgan fingerprint density at radius 1 is 1.00 bits per heavy atom. The highest BCUT2D eigenvalue weighted by Gasteiger charge is 2.40. The third-order valence-electron chi connectivity index (χ3n) is 6.60. The summed E-state index contributed by atoms with van der Waals surface area (Å²) in [5, 5.41) is 0. The zero-order valence-electron chi connectivity index (χ0n) is 17.4. The van der Waals surface area contributed by atoms with Crippen LogP contribution in [0.25, 0.3) is 0 Å². The fourth-order valence-corrected chi connectivity index (χ4v) is 4.89. The lowest BCUT2D eigenvalue weighted by atomic mass is 9.77. The van der Waals surface area contributed by atoms with E-state index in [1.807, 2.05) is 47.2 Å². The molecule has 2 aromatic rings. The van der Waals surface area contributed by atoms with Crippen molar-refractivity contribution in [1.29, 1.82) is 0 Å². The number of amides is 2. The van der Waals surface area contributed by atoms with Crippen LogP contribution in [-0.4, -0.2) is 30.3 Å². The average molecular weight is 391 g/mol. The molecule has 0 aromatic heterocycles. The van der Waals surface area contributed by atoms with Gasteiger partial charge in [-0.05, 0) is 48.9 Å². The number of para-hydroxylation sites is 1. The van der Waals surface area contributed by atoms with Crippen LogP contribution < -0.4 is 4.90 Å². The van der Waals surface area contributed by atoms with Crippen molar-refractivity contribution in [2.24, 2.45) is 11.8 Å². The summed E-state index contributed by atoms with van der Waals surface area (Å²) >= 11 is 0. The number of benzene rings is 2. The van der Waals surface area contributed by atoms with Gasteiger partial charge in [-0.25, -0.2) is 0 Å². The Balaban J connectivity index is 1.51. The molecule has 2 aliphatic rings. The van der Waals surface area contributed by atoms with Crippen molar-refractivity contribution in [1.82, 2.24) is 4.90 Å². The largest absolute Gasteiger partial charge is 0.341 e.